The van der Waals surface area contributed by atoms with E-state index in [1.807, 2.05) is 6.92 Å². The van der Waals surface area contributed by atoms with Crippen molar-refractivity contribution in [3.63, 3.8) is 0 Å². The Hall–Kier alpha value is -3.38. The molecule has 3 aromatic carbocycles. The number of rotatable bonds is 5. The van der Waals surface area contributed by atoms with Crippen LogP contribution in [-0.4, -0.2) is 18.4 Å². The molecule has 4 nitrogen and oxygen atoms in total. The van der Waals surface area contributed by atoms with Crippen LogP contribution in [0.5, 0.6) is 0 Å². The lowest BCUT2D eigenvalue weighted by Gasteiger charge is -2.19. The number of carbonyl (C=O) groups excluding carboxylic acids is 2. The van der Waals surface area contributed by atoms with Crippen LogP contribution in [0.2, 0.25) is 0 Å². The molecular formula is C25H21FN2O2S. The number of anilines is 1. The van der Waals surface area contributed by atoms with Gasteiger partial charge in [-0.1, -0.05) is 59.8 Å². The molecule has 0 atom stereocenters. The summed E-state index contributed by atoms with van der Waals surface area (Å²) >= 11 is 1.26. The van der Waals surface area contributed by atoms with Crippen molar-refractivity contribution in [1.82, 2.24) is 5.32 Å². The van der Waals surface area contributed by atoms with E-state index < -0.39 is 0 Å². The Morgan fingerprint density at radius 1 is 1.10 bits per heavy atom. The van der Waals surface area contributed by atoms with Gasteiger partial charge in [-0.25, -0.2) is 4.39 Å². The number of aryl methyl sites for hydroxylation is 1. The highest BCUT2D eigenvalue weighted by Gasteiger charge is 2.22. The summed E-state index contributed by atoms with van der Waals surface area (Å²) in [5.41, 5.74) is 3.77. The Bertz CT molecular complexity index is 1170. The number of hydrogen-bond acceptors (Lipinski definition) is 3. The van der Waals surface area contributed by atoms with Crippen LogP contribution in [0.1, 0.15) is 27.0 Å². The molecule has 1 aliphatic heterocycles. The predicted octanol–water partition coefficient (Wildman–Crippen LogP) is 5.19. The molecule has 1 aliphatic rings. The summed E-state index contributed by atoms with van der Waals surface area (Å²) < 4.78 is 13.9. The molecule has 0 unspecified atom stereocenters. The van der Waals surface area contributed by atoms with E-state index in [0.29, 0.717) is 28.3 Å². The molecule has 4 rings (SSSR count). The van der Waals surface area contributed by atoms with Gasteiger partial charge in [0.05, 0.1) is 10.6 Å². The summed E-state index contributed by atoms with van der Waals surface area (Å²) in [4.78, 5) is 26.2. The first-order chi connectivity index (χ1) is 15.0. The second-order valence-electron chi connectivity index (χ2n) is 7.29. The number of nitrogens with one attached hydrogen (secondary N) is 2. The van der Waals surface area contributed by atoms with Gasteiger partial charge in [0.25, 0.3) is 11.8 Å². The van der Waals surface area contributed by atoms with Crippen LogP contribution in [0.3, 0.4) is 0 Å². The van der Waals surface area contributed by atoms with E-state index in [1.165, 1.54) is 29.5 Å². The zero-order valence-electron chi connectivity index (χ0n) is 16.9. The zero-order valence-corrected chi connectivity index (χ0v) is 17.8. The van der Waals surface area contributed by atoms with Gasteiger partial charge in [-0.3, -0.25) is 9.59 Å². The average molecular weight is 433 g/mol. The minimum atomic E-state index is -0.383. The van der Waals surface area contributed by atoms with E-state index in [9.17, 15) is 14.0 Å². The lowest BCUT2D eigenvalue weighted by Crippen LogP contribution is -2.26. The summed E-state index contributed by atoms with van der Waals surface area (Å²) in [5.74, 6) is -0.897. The highest BCUT2D eigenvalue weighted by Crippen LogP contribution is 2.39. The molecule has 0 spiro atoms. The monoisotopic (exact) mass is 432 g/mol. The van der Waals surface area contributed by atoms with Gasteiger partial charge in [-0.15, -0.1) is 0 Å². The van der Waals surface area contributed by atoms with Crippen molar-refractivity contribution in [2.24, 2.45) is 0 Å². The number of carbonyl (C=O) groups is 2. The Morgan fingerprint density at radius 2 is 1.87 bits per heavy atom. The topological polar surface area (TPSA) is 58.2 Å². The number of hydrogen-bond donors (Lipinski definition) is 2. The predicted molar refractivity (Wildman–Crippen MR) is 123 cm³/mol. The molecule has 156 valence electrons. The van der Waals surface area contributed by atoms with Crippen molar-refractivity contribution in [2.75, 3.05) is 11.9 Å². The van der Waals surface area contributed by atoms with Crippen LogP contribution in [0, 0.1) is 12.7 Å². The third-order valence-electron chi connectivity index (χ3n) is 4.95. The van der Waals surface area contributed by atoms with Gasteiger partial charge in [0.2, 0.25) is 0 Å². The highest BCUT2D eigenvalue weighted by atomic mass is 32.2. The smallest absolute Gasteiger partial charge is 0.262 e. The fourth-order valence-corrected chi connectivity index (χ4v) is 4.13. The third kappa shape index (κ3) is 5.03. The Balaban J connectivity index is 1.42. The van der Waals surface area contributed by atoms with Crippen LogP contribution in [0.4, 0.5) is 10.1 Å². The molecular weight excluding hydrogens is 411 g/mol. The molecule has 31 heavy (non-hydrogen) atoms. The second-order valence-corrected chi connectivity index (χ2v) is 8.37. The van der Waals surface area contributed by atoms with Gasteiger partial charge in [0.1, 0.15) is 5.82 Å². The van der Waals surface area contributed by atoms with E-state index >= 15 is 0 Å². The maximum Gasteiger partial charge on any atom is 0.262 e. The van der Waals surface area contributed by atoms with E-state index in [4.69, 9.17) is 0 Å². The average Bonchev–Trinajstić information content (AvgIpc) is 2.76. The Morgan fingerprint density at radius 3 is 2.65 bits per heavy atom. The zero-order chi connectivity index (χ0) is 21.8. The Kier molecular flexibility index (Phi) is 6.18. The summed E-state index contributed by atoms with van der Waals surface area (Å²) in [5, 5.41) is 5.72. The van der Waals surface area contributed by atoms with Crippen LogP contribution < -0.4 is 10.6 Å². The van der Waals surface area contributed by atoms with Gasteiger partial charge in [0.15, 0.2) is 0 Å². The summed E-state index contributed by atoms with van der Waals surface area (Å²) in [7, 11) is 0. The SMILES string of the molecule is Cc1ccc(CCNC(=O)c2ccc3c(c2)NC(=O)C(=Cc2ccccc2F)S3)cc1. The maximum absolute atomic E-state index is 13.9. The molecule has 0 aliphatic carbocycles. The molecule has 0 aromatic heterocycles. The lowest BCUT2D eigenvalue weighted by molar-refractivity contribution is -0.112. The van der Waals surface area contributed by atoms with Crippen molar-refractivity contribution in [2.45, 2.75) is 18.2 Å². The van der Waals surface area contributed by atoms with Crippen LogP contribution >= 0.6 is 11.8 Å². The molecule has 2 N–H and O–H groups in total. The van der Waals surface area contributed by atoms with Crippen molar-refractivity contribution in [3.05, 3.63) is 99.7 Å². The minimum Gasteiger partial charge on any atom is -0.352 e. The molecule has 0 bridgehead atoms. The molecule has 0 fully saturated rings. The van der Waals surface area contributed by atoms with Gasteiger partial charge in [-0.05, 0) is 49.2 Å². The Labute approximate surface area is 184 Å². The quantitative estimate of drug-likeness (QED) is 0.546. The number of amides is 2. The molecule has 6 heteroatoms. The third-order valence-corrected chi connectivity index (χ3v) is 6.04. The number of benzene rings is 3. The first-order valence-corrected chi connectivity index (χ1v) is 10.7. The minimum absolute atomic E-state index is 0.193. The summed E-state index contributed by atoms with van der Waals surface area (Å²) in [6, 6.07) is 19.7. The van der Waals surface area contributed by atoms with Crippen LogP contribution in [-0.2, 0) is 11.2 Å². The standard InChI is InChI=1S/C25H21FN2O2S/c1-16-6-8-17(9-7-16)12-13-27-24(29)19-10-11-22-21(14-19)28-25(30)23(31-22)15-18-4-2-3-5-20(18)26/h2-11,14-15H,12-13H2,1H3,(H,27,29)(H,28,30). The van der Waals surface area contributed by atoms with E-state index in [2.05, 4.69) is 34.9 Å². The number of thioether (sulfide) groups is 1. The van der Waals surface area contributed by atoms with Gasteiger partial charge in [0, 0.05) is 22.6 Å². The van der Waals surface area contributed by atoms with Crippen molar-refractivity contribution < 1.29 is 14.0 Å². The normalized spacial score (nSPS) is 14.1. The molecule has 1 heterocycles. The number of halogens is 1. The van der Waals surface area contributed by atoms with Crippen LogP contribution in [0.25, 0.3) is 6.08 Å². The number of fused-ring (bicyclic) bond motifs is 1. The molecule has 3 aromatic rings. The fourth-order valence-electron chi connectivity index (χ4n) is 3.21. The highest BCUT2D eigenvalue weighted by molar-refractivity contribution is 8.04. The molecule has 0 saturated heterocycles. The van der Waals surface area contributed by atoms with Gasteiger partial charge in [-0.2, -0.15) is 0 Å². The maximum atomic E-state index is 13.9. The molecule has 0 radical (unpaired) electrons. The van der Waals surface area contributed by atoms with Crippen molar-refractivity contribution in [3.8, 4) is 0 Å². The lowest BCUT2D eigenvalue weighted by atomic mass is 10.1. The van der Waals surface area contributed by atoms with E-state index in [-0.39, 0.29) is 17.6 Å². The van der Waals surface area contributed by atoms with Crippen molar-refractivity contribution >= 4 is 35.3 Å². The molecule has 0 saturated carbocycles. The first kappa shape index (κ1) is 20.9. The van der Waals surface area contributed by atoms with Gasteiger partial charge >= 0.3 is 0 Å². The second kappa shape index (κ2) is 9.18. The van der Waals surface area contributed by atoms with Crippen molar-refractivity contribution in [1.29, 1.82) is 0 Å². The van der Waals surface area contributed by atoms with E-state index in [1.54, 1.807) is 36.4 Å². The van der Waals surface area contributed by atoms with Crippen LogP contribution in [0.15, 0.2) is 76.5 Å². The first-order valence-electron chi connectivity index (χ1n) is 9.93. The van der Waals surface area contributed by atoms with E-state index in [0.717, 1.165) is 16.9 Å². The summed E-state index contributed by atoms with van der Waals surface area (Å²) in [6.07, 6.45) is 2.28. The largest absolute Gasteiger partial charge is 0.352 e. The summed E-state index contributed by atoms with van der Waals surface area (Å²) in [6.45, 7) is 2.56. The molecule has 2 amide bonds. The fraction of sp³-hybridized carbons (Fsp3) is 0.120. The van der Waals surface area contributed by atoms with Gasteiger partial charge < -0.3 is 10.6 Å².